The molecule has 1 aromatic heterocycles. The minimum absolute atomic E-state index is 0.142. The first-order valence-electron chi connectivity index (χ1n) is 9.12. The first kappa shape index (κ1) is 16.3. The summed E-state index contributed by atoms with van der Waals surface area (Å²) in [5.41, 5.74) is 1.48. The van der Waals surface area contributed by atoms with Crippen LogP contribution in [0.1, 0.15) is 68.6 Å². The van der Waals surface area contributed by atoms with Crippen molar-refractivity contribution in [3.63, 3.8) is 0 Å². The molecular weight excluding hydrogens is 314 g/mol. The molecular formula is C20H25N3O2. The molecule has 1 aliphatic heterocycles. The molecule has 0 bridgehead atoms. The molecule has 4 rings (SSSR count). The predicted octanol–water partition coefficient (Wildman–Crippen LogP) is 3.70. The van der Waals surface area contributed by atoms with Gasteiger partial charge in [-0.05, 0) is 23.8 Å². The smallest absolute Gasteiger partial charge is 0.230 e. The maximum atomic E-state index is 11.5. The first-order valence-corrected chi connectivity index (χ1v) is 9.12. The molecule has 2 heterocycles. The van der Waals surface area contributed by atoms with E-state index in [-0.39, 0.29) is 17.2 Å². The minimum Gasteiger partial charge on any atom is -0.343 e. The van der Waals surface area contributed by atoms with Crippen LogP contribution in [-0.4, -0.2) is 34.0 Å². The maximum absolute atomic E-state index is 11.5. The summed E-state index contributed by atoms with van der Waals surface area (Å²) >= 11 is 0. The fourth-order valence-corrected chi connectivity index (χ4v) is 4.37. The molecule has 2 aliphatic rings. The molecule has 0 N–H and O–H groups in total. The van der Waals surface area contributed by atoms with Crippen molar-refractivity contribution >= 4 is 5.91 Å². The van der Waals surface area contributed by atoms with Crippen molar-refractivity contribution < 1.29 is 9.32 Å². The minimum atomic E-state index is 0.142. The van der Waals surface area contributed by atoms with E-state index >= 15 is 0 Å². The molecule has 0 unspecified atom stereocenters. The highest BCUT2D eigenvalue weighted by atomic mass is 16.5. The van der Waals surface area contributed by atoms with Gasteiger partial charge in [0.15, 0.2) is 5.82 Å². The Morgan fingerprint density at radius 3 is 2.48 bits per heavy atom. The van der Waals surface area contributed by atoms with E-state index in [1.807, 2.05) is 11.0 Å². The molecule has 25 heavy (non-hydrogen) atoms. The van der Waals surface area contributed by atoms with Crippen LogP contribution < -0.4 is 0 Å². The summed E-state index contributed by atoms with van der Waals surface area (Å²) < 4.78 is 5.66. The summed E-state index contributed by atoms with van der Waals surface area (Å²) in [4.78, 5) is 18.1. The van der Waals surface area contributed by atoms with Crippen LogP contribution in [0.5, 0.6) is 0 Å². The molecule has 1 aromatic carbocycles. The zero-order valence-corrected chi connectivity index (χ0v) is 15.1. The van der Waals surface area contributed by atoms with Crippen LogP contribution in [0.3, 0.4) is 0 Å². The Bertz CT molecular complexity index is 760. The van der Waals surface area contributed by atoms with Crippen molar-refractivity contribution in [2.45, 2.75) is 51.4 Å². The molecule has 2 fully saturated rings. The number of hydrogen-bond acceptors (Lipinski definition) is 4. The molecule has 132 valence electrons. The summed E-state index contributed by atoms with van der Waals surface area (Å²) in [6.07, 6.45) is 1.82. The summed E-state index contributed by atoms with van der Waals surface area (Å²) in [7, 11) is 0. The standard InChI is InChI=1S/C20H25N3O2/c1-13(24)23-11-9-15(10-12-23)18-21-19(25-22-18)17-16(20(17,2)3)14-7-5-4-6-8-14/h4-8,15-17H,9-12H2,1-3H3/t16-,17+/m1/s1. The van der Waals surface area contributed by atoms with E-state index in [2.05, 4.69) is 43.3 Å². The maximum Gasteiger partial charge on any atom is 0.230 e. The van der Waals surface area contributed by atoms with E-state index in [1.165, 1.54) is 5.56 Å². The van der Waals surface area contributed by atoms with Crippen molar-refractivity contribution in [2.24, 2.45) is 5.41 Å². The van der Waals surface area contributed by atoms with Gasteiger partial charge in [-0.1, -0.05) is 49.3 Å². The quantitative estimate of drug-likeness (QED) is 0.855. The van der Waals surface area contributed by atoms with Crippen LogP contribution >= 0.6 is 0 Å². The van der Waals surface area contributed by atoms with Gasteiger partial charge >= 0.3 is 0 Å². The van der Waals surface area contributed by atoms with Crippen LogP contribution in [0.2, 0.25) is 0 Å². The first-order chi connectivity index (χ1) is 12.0. The monoisotopic (exact) mass is 339 g/mol. The lowest BCUT2D eigenvalue weighted by molar-refractivity contribution is -0.129. The fraction of sp³-hybridized carbons (Fsp3) is 0.550. The number of likely N-dealkylation sites (tertiary alicyclic amines) is 1. The Morgan fingerprint density at radius 2 is 1.84 bits per heavy atom. The molecule has 5 nitrogen and oxygen atoms in total. The van der Waals surface area contributed by atoms with Gasteiger partial charge in [-0.3, -0.25) is 4.79 Å². The molecule has 1 saturated carbocycles. The van der Waals surface area contributed by atoms with Gasteiger partial charge in [0.25, 0.3) is 0 Å². The summed E-state index contributed by atoms with van der Waals surface area (Å²) in [5, 5.41) is 4.28. The summed E-state index contributed by atoms with van der Waals surface area (Å²) in [6.45, 7) is 7.73. The van der Waals surface area contributed by atoms with Crippen molar-refractivity contribution in [2.75, 3.05) is 13.1 Å². The Hall–Kier alpha value is -2.17. The molecule has 5 heteroatoms. The Morgan fingerprint density at radius 1 is 1.16 bits per heavy atom. The number of carbonyl (C=O) groups is 1. The molecule has 1 aliphatic carbocycles. The van der Waals surface area contributed by atoms with Crippen molar-refractivity contribution in [3.8, 4) is 0 Å². The number of aromatic nitrogens is 2. The normalized spacial score (nSPS) is 25.8. The highest BCUT2D eigenvalue weighted by molar-refractivity contribution is 5.73. The van der Waals surface area contributed by atoms with Crippen molar-refractivity contribution in [3.05, 3.63) is 47.6 Å². The van der Waals surface area contributed by atoms with Crippen LogP contribution in [0.4, 0.5) is 0 Å². The number of rotatable bonds is 3. The van der Waals surface area contributed by atoms with Crippen molar-refractivity contribution in [1.29, 1.82) is 0 Å². The molecule has 2 aromatic rings. The second-order valence-electron chi connectivity index (χ2n) is 7.96. The third-order valence-corrected chi connectivity index (χ3v) is 6.01. The van der Waals surface area contributed by atoms with Crippen molar-refractivity contribution in [1.82, 2.24) is 15.0 Å². The van der Waals surface area contributed by atoms with Crippen LogP contribution in [0, 0.1) is 5.41 Å². The molecule has 0 radical (unpaired) electrons. The topological polar surface area (TPSA) is 59.2 Å². The molecule has 0 spiro atoms. The van der Waals surface area contributed by atoms with E-state index in [4.69, 9.17) is 9.51 Å². The van der Waals surface area contributed by atoms with Gasteiger partial charge < -0.3 is 9.42 Å². The summed E-state index contributed by atoms with van der Waals surface area (Å²) in [5.74, 6) is 2.74. The number of piperidine rings is 1. The van der Waals surface area contributed by atoms with Gasteiger partial charge in [-0.25, -0.2) is 0 Å². The average molecular weight is 339 g/mol. The molecule has 1 amide bonds. The zero-order chi connectivity index (χ0) is 17.6. The molecule has 2 atom stereocenters. The van der Waals surface area contributed by atoms with E-state index in [0.717, 1.165) is 37.6 Å². The lowest BCUT2D eigenvalue weighted by Gasteiger charge is -2.29. The Balaban J connectivity index is 1.48. The van der Waals surface area contributed by atoms with Crippen LogP contribution in [0.25, 0.3) is 0 Å². The van der Waals surface area contributed by atoms with E-state index in [0.29, 0.717) is 11.8 Å². The second kappa shape index (κ2) is 5.97. The Labute approximate surface area is 148 Å². The third kappa shape index (κ3) is 2.86. The lowest BCUT2D eigenvalue weighted by Crippen LogP contribution is -2.36. The fourth-order valence-electron chi connectivity index (χ4n) is 4.37. The predicted molar refractivity (Wildman–Crippen MR) is 94.2 cm³/mol. The zero-order valence-electron chi connectivity index (χ0n) is 15.1. The highest BCUT2D eigenvalue weighted by Gasteiger charge is 2.62. The Kier molecular flexibility index (Phi) is 3.89. The lowest BCUT2D eigenvalue weighted by atomic mass is 9.96. The number of benzene rings is 1. The van der Waals surface area contributed by atoms with E-state index in [9.17, 15) is 4.79 Å². The van der Waals surface area contributed by atoms with Gasteiger partial charge in [0.05, 0.1) is 5.92 Å². The van der Waals surface area contributed by atoms with Gasteiger partial charge in [0.1, 0.15) is 0 Å². The van der Waals surface area contributed by atoms with Gasteiger partial charge in [-0.15, -0.1) is 0 Å². The van der Waals surface area contributed by atoms with E-state index in [1.54, 1.807) is 6.92 Å². The number of nitrogens with zero attached hydrogens (tertiary/aromatic N) is 3. The largest absolute Gasteiger partial charge is 0.343 e. The van der Waals surface area contributed by atoms with E-state index < -0.39 is 0 Å². The van der Waals surface area contributed by atoms with Crippen LogP contribution in [0.15, 0.2) is 34.9 Å². The third-order valence-electron chi connectivity index (χ3n) is 6.01. The average Bonchev–Trinajstić information content (AvgIpc) is 2.96. The van der Waals surface area contributed by atoms with Gasteiger partial charge in [0, 0.05) is 31.8 Å². The van der Waals surface area contributed by atoms with Crippen LogP contribution in [-0.2, 0) is 4.79 Å². The SMILES string of the molecule is CC(=O)N1CCC(c2noc([C@@H]3[C@@H](c4ccccc4)C3(C)C)n2)CC1. The van der Waals surface area contributed by atoms with Gasteiger partial charge in [0.2, 0.25) is 11.8 Å². The highest BCUT2D eigenvalue weighted by Crippen LogP contribution is 2.69. The summed E-state index contributed by atoms with van der Waals surface area (Å²) in [6, 6.07) is 10.6. The van der Waals surface area contributed by atoms with Gasteiger partial charge in [-0.2, -0.15) is 4.98 Å². The number of amides is 1. The number of carbonyl (C=O) groups excluding carboxylic acids is 1. The number of hydrogen-bond donors (Lipinski definition) is 0. The second-order valence-corrected chi connectivity index (χ2v) is 7.96. The molecule has 1 saturated heterocycles.